The monoisotopic (exact) mass is 400 g/mol. The van der Waals surface area contributed by atoms with E-state index >= 15 is 0 Å². The summed E-state index contributed by atoms with van der Waals surface area (Å²) in [6.07, 6.45) is 11.8. The minimum Gasteiger partial charge on any atom is -0.372 e. The minimum atomic E-state index is -0.0461. The van der Waals surface area contributed by atoms with E-state index in [2.05, 4.69) is 54.1 Å². The first kappa shape index (κ1) is 23.5. The van der Waals surface area contributed by atoms with Gasteiger partial charge in [0.15, 0.2) is 0 Å². The van der Waals surface area contributed by atoms with Crippen LogP contribution in [0, 0.1) is 0 Å². The van der Waals surface area contributed by atoms with Gasteiger partial charge in [-0.1, -0.05) is 38.1 Å². The molecule has 29 heavy (non-hydrogen) atoms. The highest BCUT2D eigenvalue weighted by molar-refractivity contribution is 5.86. The highest BCUT2D eigenvalue weighted by Crippen LogP contribution is 2.20. The zero-order valence-electron chi connectivity index (χ0n) is 18.6. The van der Waals surface area contributed by atoms with Crippen LogP contribution in [-0.4, -0.2) is 56.2 Å². The summed E-state index contributed by atoms with van der Waals surface area (Å²) in [5.74, 6) is -0.0461. The standard InChI is InChI=1S/C25H41N3O/c1-3-18-27(24-15-9-7-10-16-24)19-11-5-6-12-20-28(21-13-8-14-22-28)23-17-26-25(29)4-2/h4,7,9-10,15-16H,2-3,5-6,8,11-14,17-23H2,1H3/p+1. The Bertz CT molecular complexity index is 581. The van der Waals surface area contributed by atoms with Crippen molar-refractivity contribution in [2.75, 3.05) is 50.7 Å². The van der Waals surface area contributed by atoms with E-state index in [-0.39, 0.29) is 5.91 Å². The maximum absolute atomic E-state index is 11.5. The van der Waals surface area contributed by atoms with Crippen molar-refractivity contribution in [3.05, 3.63) is 43.0 Å². The highest BCUT2D eigenvalue weighted by Gasteiger charge is 2.28. The van der Waals surface area contributed by atoms with Gasteiger partial charge in [-0.05, 0) is 63.2 Å². The van der Waals surface area contributed by atoms with E-state index in [4.69, 9.17) is 0 Å². The highest BCUT2D eigenvalue weighted by atomic mass is 16.1. The fourth-order valence-electron chi connectivity index (χ4n) is 4.61. The zero-order chi connectivity index (χ0) is 20.8. The molecule has 0 unspecified atom stereocenters. The predicted molar refractivity (Wildman–Crippen MR) is 124 cm³/mol. The molecule has 1 aliphatic rings. The van der Waals surface area contributed by atoms with Crippen molar-refractivity contribution < 1.29 is 9.28 Å². The molecule has 0 aliphatic carbocycles. The summed E-state index contributed by atoms with van der Waals surface area (Å²) in [4.78, 5) is 14.0. The van der Waals surface area contributed by atoms with E-state index in [1.54, 1.807) is 0 Å². The van der Waals surface area contributed by atoms with Crippen molar-refractivity contribution in [3.63, 3.8) is 0 Å². The third-order valence-corrected chi connectivity index (χ3v) is 6.26. The van der Waals surface area contributed by atoms with Gasteiger partial charge in [0.05, 0.1) is 32.7 Å². The van der Waals surface area contributed by atoms with Crippen LogP contribution in [-0.2, 0) is 4.79 Å². The average Bonchev–Trinajstić information content (AvgIpc) is 2.76. The van der Waals surface area contributed by atoms with Gasteiger partial charge >= 0.3 is 0 Å². The largest absolute Gasteiger partial charge is 0.372 e. The average molecular weight is 401 g/mol. The maximum atomic E-state index is 11.5. The number of carbonyl (C=O) groups is 1. The van der Waals surface area contributed by atoms with Gasteiger partial charge in [-0.25, -0.2) is 0 Å². The molecule has 162 valence electrons. The molecule has 0 spiro atoms. The molecule has 4 nitrogen and oxygen atoms in total. The van der Waals surface area contributed by atoms with Gasteiger partial charge in [-0.3, -0.25) is 4.79 Å². The van der Waals surface area contributed by atoms with Crippen molar-refractivity contribution >= 4 is 11.6 Å². The van der Waals surface area contributed by atoms with Crippen molar-refractivity contribution in [1.29, 1.82) is 0 Å². The Morgan fingerprint density at radius 1 is 1.03 bits per heavy atom. The van der Waals surface area contributed by atoms with E-state index in [1.807, 2.05) is 0 Å². The van der Waals surface area contributed by atoms with Gasteiger partial charge in [0.25, 0.3) is 0 Å². The third kappa shape index (κ3) is 8.61. The lowest BCUT2D eigenvalue weighted by Crippen LogP contribution is -2.55. The molecule has 0 atom stereocenters. The first-order valence-electron chi connectivity index (χ1n) is 11.7. The van der Waals surface area contributed by atoms with Crippen LogP contribution in [0.2, 0.25) is 0 Å². The lowest BCUT2D eigenvalue weighted by molar-refractivity contribution is -0.931. The molecular weight excluding hydrogens is 358 g/mol. The molecular formula is C25H42N3O+. The van der Waals surface area contributed by atoms with Crippen LogP contribution in [0.3, 0.4) is 0 Å². The Kier molecular flexibility index (Phi) is 10.9. The van der Waals surface area contributed by atoms with Gasteiger partial charge < -0.3 is 14.7 Å². The van der Waals surface area contributed by atoms with Gasteiger partial charge in [-0.2, -0.15) is 0 Å². The zero-order valence-corrected chi connectivity index (χ0v) is 18.6. The molecule has 0 bridgehead atoms. The molecule has 1 heterocycles. The lowest BCUT2D eigenvalue weighted by Gasteiger charge is -2.42. The molecule has 1 saturated heterocycles. The minimum absolute atomic E-state index is 0.0461. The van der Waals surface area contributed by atoms with Crippen LogP contribution in [0.1, 0.15) is 58.3 Å². The summed E-state index contributed by atoms with van der Waals surface area (Å²) >= 11 is 0. The molecule has 2 rings (SSSR count). The number of unbranched alkanes of at least 4 members (excludes halogenated alkanes) is 3. The molecule has 1 aromatic rings. The van der Waals surface area contributed by atoms with Gasteiger partial charge in [0.2, 0.25) is 5.91 Å². The van der Waals surface area contributed by atoms with Crippen LogP contribution >= 0.6 is 0 Å². The van der Waals surface area contributed by atoms with Crippen LogP contribution in [0.15, 0.2) is 43.0 Å². The molecule has 1 amide bonds. The Morgan fingerprint density at radius 3 is 2.45 bits per heavy atom. The van der Waals surface area contributed by atoms with Gasteiger partial charge in [0.1, 0.15) is 0 Å². The summed E-state index contributed by atoms with van der Waals surface area (Å²) in [5, 5.41) is 2.98. The molecule has 1 N–H and O–H groups in total. The van der Waals surface area contributed by atoms with E-state index in [1.165, 1.54) is 87.2 Å². The fourth-order valence-corrected chi connectivity index (χ4v) is 4.61. The summed E-state index contributed by atoms with van der Waals surface area (Å²) in [5.41, 5.74) is 1.36. The van der Waals surface area contributed by atoms with Crippen molar-refractivity contribution in [1.82, 2.24) is 5.32 Å². The number of likely N-dealkylation sites (tertiary alicyclic amines) is 1. The number of carbonyl (C=O) groups excluding carboxylic acids is 1. The number of benzene rings is 1. The number of rotatable bonds is 14. The first-order chi connectivity index (χ1) is 14.2. The predicted octanol–water partition coefficient (Wildman–Crippen LogP) is 4.77. The Morgan fingerprint density at radius 2 is 1.76 bits per heavy atom. The number of nitrogens with zero attached hydrogens (tertiary/aromatic N) is 2. The molecule has 1 aliphatic heterocycles. The summed E-state index contributed by atoms with van der Waals surface area (Å²) in [6, 6.07) is 10.8. The smallest absolute Gasteiger partial charge is 0.243 e. The van der Waals surface area contributed by atoms with Crippen LogP contribution in [0.4, 0.5) is 5.69 Å². The van der Waals surface area contributed by atoms with Crippen LogP contribution in [0.5, 0.6) is 0 Å². The Balaban J connectivity index is 1.69. The number of hydrogen-bond donors (Lipinski definition) is 1. The second-order valence-electron chi connectivity index (χ2n) is 8.53. The van der Waals surface area contributed by atoms with E-state index in [9.17, 15) is 4.79 Å². The van der Waals surface area contributed by atoms with E-state index in [0.29, 0.717) is 0 Å². The molecule has 0 radical (unpaired) electrons. The van der Waals surface area contributed by atoms with Crippen molar-refractivity contribution in [2.45, 2.75) is 58.3 Å². The number of quaternary nitrogens is 1. The third-order valence-electron chi connectivity index (χ3n) is 6.26. The number of amides is 1. The fraction of sp³-hybridized carbons (Fsp3) is 0.640. The summed E-state index contributed by atoms with van der Waals surface area (Å²) in [6.45, 7) is 13.8. The SMILES string of the molecule is C=CC(=O)NCC[N+]1(CCCCCCN(CCC)c2ccccc2)CCCCC1. The first-order valence-corrected chi connectivity index (χ1v) is 11.7. The Labute approximate surface area is 178 Å². The molecule has 1 fully saturated rings. The number of para-hydroxylation sites is 1. The van der Waals surface area contributed by atoms with Crippen molar-refractivity contribution in [3.8, 4) is 0 Å². The number of anilines is 1. The number of nitrogens with one attached hydrogen (secondary N) is 1. The van der Waals surface area contributed by atoms with E-state index < -0.39 is 0 Å². The maximum Gasteiger partial charge on any atom is 0.243 e. The summed E-state index contributed by atoms with van der Waals surface area (Å²) in [7, 11) is 0. The normalized spacial score (nSPS) is 15.6. The molecule has 4 heteroatoms. The van der Waals surface area contributed by atoms with Crippen LogP contribution in [0.25, 0.3) is 0 Å². The van der Waals surface area contributed by atoms with Gasteiger partial charge in [0, 0.05) is 18.8 Å². The molecule has 1 aromatic carbocycles. The summed E-state index contributed by atoms with van der Waals surface area (Å²) < 4.78 is 1.20. The topological polar surface area (TPSA) is 32.3 Å². The second kappa shape index (κ2) is 13.4. The van der Waals surface area contributed by atoms with Crippen LogP contribution < -0.4 is 10.2 Å². The number of hydrogen-bond acceptors (Lipinski definition) is 2. The van der Waals surface area contributed by atoms with E-state index in [0.717, 1.165) is 26.2 Å². The quantitative estimate of drug-likeness (QED) is 0.277. The molecule has 0 saturated carbocycles. The molecule has 0 aromatic heterocycles. The van der Waals surface area contributed by atoms with Gasteiger partial charge in [-0.15, -0.1) is 0 Å². The second-order valence-corrected chi connectivity index (χ2v) is 8.53. The van der Waals surface area contributed by atoms with Crippen molar-refractivity contribution in [2.24, 2.45) is 0 Å². The number of piperidine rings is 1. The Hall–Kier alpha value is -1.81. The lowest BCUT2D eigenvalue weighted by atomic mass is 10.1.